The summed E-state index contributed by atoms with van der Waals surface area (Å²) in [5, 5.41) is 4.93. The predicted molar refractivity (Wildman–Crippen MR) is 82.8 cm³/mol. The summed E-state index contributed by atoms with van der Waals surface area (Å²) in [4.78, 5) is 14.9. The molecule has 0 spiro atoms. The number of alkyl halides is 3. The van der Waals surface area contributed by atoms with Gasteiger partial charge in [-0.25, -0.2) is 4.98 Å². The number of anilines is 3. The molecule has 0 aliphatic rings. The van der Waals surface area contributed by atoms with E-state index in [9.17, 15) is 18.0 Å². The first-order valence-electron chi connectivity index (χ1n) is 6.33. The van der Waals surface area contributed by atoms with Gasteiger partial charge in [-0.1, -0.05) is 24.2 Å². The third-order valence-electron chi connectivity index (χ3n) is 2.75. The summed E-state index contributed by atoms with van der Waals surface area (Å²) in [5.41, 5.74) is 0.0183. The number of hydrogen-bond acceptors (Lipinski definition) is 3. The molecule has 0 fully saturated rings. The van der Waals surface area contributed by atoms with Crippen LogP contribution in [0, 0.1) is 0 Å². The highest BCUT2D eigenvalue weighted by molar-refractivity contribution is 6.31. The van der Waals surface area contributed by atoms with E-state index in [0.29, 0.717) is 17.6 Å². The van der Waals surface area contributed by atoms with Crippen molar-refractivity contribution in [2.24, 2.45) is 0 Å². The zero-order chi connectivity index (χ0) is 17.0. The third kappa shape index (κ3) is 4.46. The number of halogens is 4. The van der Waals surface area contributed by atoms with Crippen LogP contribution in [0.25, 0.3) is 0 Å². The van der Waals surface area contributed by atoms with Gasteiger partial charge in [-0.05, 0) is 24.3 Å². The van der Waals surface area contributed by atoms with E-state index in [1.807, 2.05) is 0 Å². The number of nitrogens with zero attached hydrogens (tertiary/aromatic N) is 1. The van der Waals surface area contributed by atoms with E-state index in [4.69, 9.17) is 11.6 Å². The van der Waals surface area contributed by atoms with Crippen LogP contribution in [0.15, 0.2) is 49.2 Å². The Morgan fingerprint density at radius 2 is 1.96 bits per heavy atom. The lowest BCUT2D eigenvalue weighted by atomic mass is 10.2. The molecule has 1 amide bonds. The number of hydrogen-bond donors (Lipinski definition) is 2. The van der Waals surface area contributed by atoms with E-state index < -0.39 is 16.8 Å². The average Bonchev–Trinajstić information content (AvgIpc) is 2.46. The largest absolute Gasteiger partial charge is 0.419 e. The molecule has 0 aliphatic heterocycles. The fourth-order valence-corrected chi connectivity index (χ4v) is 1.98. The first kappa shape index (κ1) is 16.8. The van der Waals surface area contributed by atoms with E-state index in [0.717, 1.165) is 12.1 Å². The molecule has 1 aromatic carbocycles. The third-order valence-corrected chi connectivity index (χ3v) is 3.06. The quantitative estimate of drug-likeness (QED) is 0.798. The van der Waals surface area contributed by atoms with Crippen LogP contribution in [0.4, 0.5) is 30.4 Å². The molecule has 23 heavy (non-hydrogen) atoms. The van der Waals surface area contributed by atoms with Crippen molar-refractivity contribution in [3.8, 4) is 0 Å². The number of carbonyl (C=O) groups excluding carboxylic acids is 1. The Labute approximate surface area is 135 Å². The van der Waals surface area contributed by atoms with E-state index in [1.165, 1.54) is 0 Å². The number of pyridine rings is 1. The Hall–Kier alpha value is -2.54. The minimum atomic E-state index is -4.56. The summed E-state index contributed by atoms with van der Waals surface area (Å²) in [6.07, 6.45) is -2.78. The van der Waals surface area contributed by atoms with Crippen LogP contribution in [0.2, 0.25) is 5.02 Å². The molecule has 0 saturated carbocycles. The highest BCUT2D eigenvalue weighted by atomic mass is 35.5. The first-order chi connectivity index (χ1) is 10.8. The summed E-state index contributed by atoms with van der Waals surface area (Å²) in [7, 11) is 0. The average molecular weight is 342 g/mol. The van der Waals surface area contributed by atoms with E-state index in [1.54, 1.807) is 24.3 Å². The number of aromatic nitrogens is 1. The van der Waals surface area contributed by atoms with Crippen molar-refractivity contribution < 1.29 is 18.0 Å². The SMILES string of the molecule is C=CC(=O)Nc1cccc(Nc2cc(Cl)c(C(F)(F)F)cn2)c1. The molecular formula is C15H11ClF3N3O. The maximum atomic E-state index is 12.6. The summed E-state index contributed by atoms with van der Waals surface area (Å²) < 4.78 is 37.9. The van der Waals surface area contributed by atoms with Gasteiger partial charge in [-0.3, -0.25) is 4.79 Å². The van der Waals surface area contributed by atoms with E-state index in [-0.39, 0.29) is 11.7 Å². The second-order valence-corrected chi connectivity index (χ2v) is 4.85. The maximum absolute atomic E-state index is 12.6. The van der Waals surface area contributed by atoms with Crippen molar-refractivity contribution in [3.63, 3.8) is 0 Å². The number of carbonyl (C=O) groups is 1. The number of benzene rings is 1. The normalized spacial score (nSPS) is 11.0. The van der Waals surface area contributed by atoms with Crippen molar-refractivity contribution in [2.45, 2.75) is 6.18 Å². The van der Waals surface area contributed by atoms with E-state index in [2.05, 4.69) is 22.2 Å². The molecule has 2 rings (SSSR count). The molecule has 120 valence electrons. The number of nitrogens with one attached hydrogen (secondary N) is 2. The fourth-order valence-electron chi connectivity index (χ4n) is 1.72. The molecule has 0 unspecified atom stereocenters. The molecule has 2 aromatic rings. The van der Waals surface area contributed by atoms with Crippen molar-refractivity contribution in [1.29, 1.82) is 0 Å². The second kappa shape index (κ2) is 6.70. The molecule has 0 bridgehead atoms. The lowest BCUT2D eigenvalue weighted by Gasteiger charge is -2.11. The maximum Gasteiger partial charge on any atom is 0.419 e. The van der Waals surface area contributed by atoms with Gasteiger partial charge in [0.1, 0.15) is 5.82 Å². The minimum Gasteiger partial charge on any atom is -0.340 e. The fraction of sp³-hybridized carbons (Fsp3) is 0.0667. The summed E-state index contributed by atoms with van der Waals surface area (Å²) in [6, 6.07) is 7.65. The number of amides is 1. The molecule has 0 aliphatic carbocycles. The van der Waals surface area contributed by atoms with Gasteiger partial charge in [-0.2, -0.15) is 13.2 Å². The molecule has 0 atom stereocenters. The molecule has 1 heterocycles. The van der Waals surface area contributed by atoms with Crippen molar-refractivity contribution in [2.75, 3.05) is 10.6 Å². The van der Waals surface area contributed by atoms with Crippen LogP contribution in [0.3, 0.4) is 0 Å². The Morgan fingerprint density at radius 1 is 1.26 bits per heavy atom. The van der Waals surface area contributed by atoms with Gasteiger partial charge in [0.15, 0.2) is 0 Å². The van der Waals surface area contributed by atoms with Crippen LogP contribution < -0.4 is 10.6 Å². The Morgan fingerprint density at radius 3 is 2.57 bits per heavy atom. The Balaban J connectivity index is 2.19. The topological polar surface area (TPSA) is 54.0 Å². The highest BCUT2D eigenvalue weighted by Crippen LogP contribution is 2.35. The zero-order valence-electron chi connectivity index (χ0n) is 11.6. The zero-order valence-corrected chi connectivity index (χ0v) is 12.4. The van der Waals surface area contributed by atoms with Gasteiger partial charge in [0.2, 0.25) is 5.91 Å². The molecule has 0 radical (unpaired) electrons. The molecule has 2 N–H and O–H groups in total. The summed E-state index contributed by atoms with van der Waals surface area (Å²) >= 11 is 5.63. The van der Waals surface area contributed by atoms with Gasteiger partial charge in [0.25, 0.3) is 0 Å². The molecule has 0 saturated heterocycles. The van der Waals surface area contributed by atoms with Gasteiger partial charge in [-0.15, -0.1) is 0 Å². The second-order valence-electron chi connectivity index (χ2n) is 4.45. The molecular weight excluding hydrogens is 331 g/mol. The van der Waals surface area contributed by atoms with E-state index >= 15 is 0 Å². The van der Waals surface area contributed by atoms with Crippen molar-refractivity contribution >= 4 is 34.7 Å². The van der Waals surface area contributed by atoms with Crippen LogP contribution in [0.1, 0.15) is 5.56 Å². The van der Waals surface area contributed by atoms with Gasteiger partial charge >= 0.3 is 6.18 Å². The van der Waals surface area contributed by atoms with Gasteiger partial charge < -0.3 is 10.6 Å². The lowest BCUT2D eigenvalue weighted by molar-refractivity contribution is -0.137. The summed E-state index contributed by atoms with van der Waals surface area (Å²) in [5.74, 6) is -0.229. The first-order valence-corrected chi connectivity index (χ1v) is 6.70. The smallest absolute Gasteiger partial charge is 0.340 e. The van der Waals surface area contributed by atoms with Crippen LogP contribution in [-0.4, -0.2) is 10.9 Å². The summed E-state index contributed by atoms with van der Waals surface area (Å²) in [6.45, 7) is 3.34. The standard InChI is InChI=1S/C15H11ClF3N3O/c1-2-14(23)22-10-5-3-4-9(6-10)21-13-7-12(16)11(8-20-13)15(17,18)19/h2-8H,1H2,(H,20,21)(H,22,23). The molecule has 1 aromatic heterocycles. The monoisotopic (exact) mass is 341 g/mol. The lowest BCUT2D eigenvalue weighted by Crippen LogP contribution is -2.08. The Kier molecular flexibility index (Phi) is 4.90. The van der Waals surface area contributed by atoms with Crippen LogP contribution in [-0.2, 0) is 11.0 Å². The van der Waals surface area contributed by atoms with Gasteiger partial charge in [0, 0.05) is 23.6 Å². The molecule has 8 heteroatoms. The minimum absolute atomic E-state index is 0.148. The Bertz CT molecular complexity index is 747. The van der Waals surface area contributed by atoms with Gasteiger partial charge in [0.05, 0.1) is 10.6 Å². The van der Waals surface area contributed by atoms with Crippen LogP contribution >= 0.6 is 11.6 Å². The predicted octanol–water partition coefficient (Wildman–Crippen LogP) is 4.62. The molecule has 4 nitrogen and oxygen atoms in total. The van der Waals surface area contributed by atoms with Crippen LogP contribution in [0.5, 0.6) is 0 Å². The van der Waals surface area contributed by atoms with Crippen molar-refractivity contribution in [1.82, 2.24) is 4.98 Å². The number of rotatable bonds is 4. The highest BCUT2D eigenvalue weighted by Gasteiger charge is 2.33. The van der Waals surface area contributed by atoms with Crippen molar-refractivity contribution in [3.05, 3.63) is 59.8 Å².